The number of hydrogen-bond acceptors (Lipinski definition) is 2. The number of para-hydroxylation sites is 1. The van der Waals surface area contributed by atoms with Crippen LogP contribution in [0.15, 0.2) is 54.6 Å². The lowest BCUT2D eigenvalue weighted by Crippen LogP contribution is -2.35. The van der Waals surface area contributed by atoms with Crippen molar-refractivity contribution in [2.75, 3.05) is 17.2 Å². The Hall–Kier alpha value is -2.53. The van der Waals surface area contributed by atoms with Crippen molar-refractivity contribution in [1.29, 1.82) is 0 Å². The van der Waals surface area contributed by atoms with E-state index in [2.05, 4.69) is 16.0 Å². The molecule has 2 aromatic rings. The van der Waals surface area contributed by atoms with Crippen LogP contribution in [0.25, 0.3) is 0 Å². The molecule has 0 heterocycles. The van der Waals surface area contributed by atoms with Gasteiger partial charge in [0.2, 0.25) is 5.91 Å². The van der Waals surface area contributed by atoms with Gasteiger partial charge >= 0.3 is 6.03 Å². The fourth-order valence-corrected chi connectivity index (χ4v) is 1.72. The quantitative estimate of drug-likeness (QED) is 0.812. The second-order valence-electron chi connectivity index (χ2n) is 4.23. The van der Waals surface area contributed by atoms with Crippen LogP contribution in [0.1, 0.15) is 0 Å². The van der Waals surface area contributed by atoms with Gasteiger partial charge in [-0.15, -0.1) is 0 Å². The molecule has 0 aliphatic rings. The Morgan fingerprint density at radius 1 is 0.857 bits per heavy atom. The van der Waals surface area contributed by atoms with E-state index in [9.17, 15) is 9.59 Å². The maximum Gasteiger partial charge on any atom is 0.319 e. The summed E-state index contributed by atoms with van der Waals surface area (Å²) in [7, 11) is 0. The van der Waals surface area contributed by atoms with Crippen LogP contribution in [0.5, 0.6) is 0 Å². The van der Waals surface area contributed by atoms with E-state index in [0.717, 1.165) is 0 Å². The highest BCUT2D eigenvalue weighted by molar-refractivity contribution is 6.30. The number of carbonyl (C=O) groups excluding carboxylic acids is 2. The van der Waals surface area contributed by atoms with Crippen LogP contribution in [-0.4, -0.2) is 18.5 Å². The van der Waals surface area contributed by atoms with Crippen LogP contribution in [0.4, 0.5) is 16.2 Å². The van der Waals surface area contributed by atoms with Crippen molar-refractivity contribution in [3.8, 4) is 0 Å². The molecule has 2 aromatic carbocycles. The molecule has 0 spiro atoms. The van der Waals surface area contributed by atoms with Crippen molar-refractivity contribution in [2.24, 2.45) is 0 Å². The number of halogens is 1. The van der Waals surface area contributed by atoms with Gasteiger partial charge in [0.25, 0.3) is 0 Å². The molecule has 0 saturated heterocycles. The van der Waals surface area contributed by atoms with Gasteiger partial charge in [-0.05, 0) is 36.4 Å². The van der Waals surface area contributed by atoms with E-state index >= 15 is 0 Å². The molecule has 0 bridgehead atoms. The van der Waals surface area contributed by atoms with E-state index in [1.165, 1.54) is 0 Å². The lowest BCUT2D eigenvalue weighted by molar-refractivity contribution is -0.115. The van der Waals surface area contributed by atoms with Gasteiger partial charge in [-0.25, -0.2) is 4.79 Å². The number of carbonyl (C=O) groups is 2. The number of rotatable bonds is 4. The molecule has 2 rings (SSSR count). The summed E-state index contributed by atoms with van der Waals surface area (Å²) in [6.07, 6.45) is 0. The van der Waals surface area contributed by atoms with Crippen LogP contribution in [0, 0.1) is 0 Å². The van der Waals surface area contributed by atoms with Crippen LogP contribution < -0.4 is 16.0 Å². The molecule has 0 fully saturated rings. The average Bonchev–Trinajstić information content (AvgIpc) is 2.49. The molecule has 0 radical (unpaired) electrons. The third-order valence-electron chi connectivity index (χ3n) is 2.57. The van der Waals surface area contributed by atoms with Crippen molar-refractivity contribution in [2.45, 2.75) is 0 Å². The molecule has 3 amide bonds. The predicted molar refractivity (Wildman–Crippen MR) is 83.5 cm³/mol. The molecule has 0 aliphatic carbocycles. The van der Waals surface area contributed by atoms with E-state index < -0.39 is 6.03 Å². The monoisotopic (exact) mass is 303 g/mol. The first-order valence-corrected chi connectivity index (χ1v) is 6.66. The van der Waals surface area contributed by atoms with Gasteiger partial charge < -0.3 is 16.0 Å². The smallest absolute Gasteiger partial charge is 0.319 e. The van der Waals surface area contributed by atoms with Gasteiger partial charge in [-0.1, -0.05) is 29.8 Å². The number of nitrogens with one attached hydrogen (secondary N) is 3. The van der Waals surface area contributed by atoms with Crippen molar-refractivity contribution >= 4 is 34.9 Å². The fraction of sp³-hybridized carbons (Fsp3) is 0.0667. The van der Waals surface area contributed by atoms with Crippen molar-refractivity contribution in [1.82, 2.24) is 5.32 Å². The molecule has 6 heteroatoms. The van der Waals surface area contributed by atoms with Crippen molar-refractivity contribution in [3.05, 3.63) is 59.6 Å². The molecule has 3 N–H and O–H groups in total. The zero-order valence-corrected chi connectivity index (χ0v) is 11.9. The van der Waals surface area contributed by atoms with Crippen LogP contribution >= 0.6 is 11.6 Å². The highest BCUT2D eigenvalue weighted by Gasteiger charge is 2.05. The SMILES string of the molecule is O=C(CNC(=O)Nc1ccccc1)Nc1ccc(Cl)cc1. The van der Waals surface area contributed by atoms with E-state index in [1.54, 1.807) is 36.4 Å². The number of urea groups is 1. The van der Waals surface area contributed by atoms with Crippen molar-refractivity contribution < 1.29 is 9.59 Å². The zero-order valence-electron chi connectivity index (χ0n) is 11.1. The summed E-state index contributed by atoms with van der Waals surface area (Å²) in [5.41, 5.74) is 1.28. The van der Waals surface area contributed by atoms with Gasteiger partial charge in [0, 0.05) is 16.4 Å². The summed E-state index contributed by atoms with van der Waals surface area (Å²) in [6, 6.07) is 15.3. The lowest BCUT2D eigenvalue weighted by atomic mass is 10.3. The molecule has 5 nitrogen and oxygen atoms in total. The highest BCUT2D eigenvalue weighted by atomic mass is 35.5. The second kappa shape index (κ2) is 7.31. The minimum Gasteiger partial charge on any atom is -0.329 e. The topological polar surface area (TPSA) is 70.2 Å². The molecule has 0 aliphatic heterocycles. The maximum atomic E-state index is 11.7. The molecular weight excluding hydrogens is 290 g/mol. The van der Waals surface area contributed by atoms with Gasteiger partial charge in [0.15, 0.2) is 0 Å². The first-order valence-electron chi connectivity index (χ1n) is 6.29. The molecule has 21 heavy (non-hydrogen) atoms. The predicted octanol–water partition coefficient (Wildman–Crippen LogP) is 3.10. The molecule has 0 unspecified atom stereocenters. The standard InChI is InChI=1S/C15H14ClN3O2/c16-11-6-8-13(9-7-11)18-14(20)10-17-15(21)19-12-4-2-1-3-5-12/h1-9H,10H2,(H,18,20)(H2,17,19,21). The lowest BCUT2D eigenvalue weighted by Gasteiger charge is -2.08. The Bertz CT molecular complexity index is 615. The Labute approximate surface area is 127 Å². The largest absolute Gasteiger partial charge is 0.329 e. The number of benzene rings is 2. The van der Waals surface area contributed by atoms with E-state index in [1.807, 2.05) is 18.2 Å². The van der Waals surface area contributed by atoms with Gasteiger partial charge in [0.05, 0.1) is 6.54 Å². The average molecular weight is 304 g/mol. The first kappa shape index (κ1) is 14.9. The van der Waals surface area contributed by atoms with Gasteiger partial charge in [0.1, 0.15) is 0 Å². The number of hydrogen-bond donors (Lipinski definition) is 3. The molecule has 108 valence electrons. The van der Waals surface area contributed by atoms with Gasteiger partial charge in [-0.2, -0.15) is 0 Å². The minimum absolute atomic E-state index is 0.124. The summed E-state index contributed by atoms with van der Waals surface area (Å²) in [4.78, 5) is 23.3. The van der Waals surface area contributed by atoms with Crippen LogP contribution in [-0.2, 0) is 4.79 Å². The number of amides is 3. The summed E-state index contributed by atoms with van der Waals surface area (Å²) in [5, 5.41) is 8.33. The highest BCUT2D eigenvalue weighted by Crippen LogP contribution is 2.13. The van der Waals surface area contributed by atoms with Crippen molar-refractivity contribution in [3.63, 3.8) is 0 Å². The summed E-state index contributed by atoms with van der Waals surface area (Å²) < 4.78 is 0. The van der Waals surface area contributed by atoms with Crippen LogP contribution in [0.2, 0.25) is 5.02 Å². The third kappa shape index (κ3) is 5.16. The Morgan fingerprint density at radius 2 is 1.48 bits per heavy atom. The summed E-state index contributed by atoms with van der Waals surface area (Å²) in [5.74, 6) is -0.319. The molecule has 0 aromatic heterocycles. The first-order chi connectivity index (χ1) is 10.1. The zero-order chi connectivity index (χ0) is 15.1. The second-order valence-corrected chi connectivity index (χ2v) is 4.67. The Morgan fingerprint density at radius 3 is 2.14 bits per heavy atom. The number of anilines is 2. The molecule has 0 saturated carbocycles. The molecule has 0 atom stereocenters. The fourth-order valence-electron chi connectivity index (χ4n) is 1.60. The van der Waals surface area contributed by atoms with Gasteiger partial charge in [-0.3, -0.25) is 4.79 Å². The summed E-state index contributed by atoms with van der Waals surface area (Å²) >= 11 is 5.75. The maximum absolute atomic E-state index is 11.7. The van der Waals surface area contributed by atoms with E-state index in [0.29, 0.717) is 16.4 Å². The van der Waals surface area contributed by atoms with E-state index in [-0.39, 0.29) is 12.5 Å². The normalized spacial score (nSPS) is 9.76. The minimum atomic E-state index is -0.438. The Balaban J connectivity index is 1.76. The molecular formula is C15H14ClN3O2. The van der Waals surface area contributed by atoms with E-state index in [4.69, 9.17) is 11.6 Å². The summed E-state index contributed by atoms with van der Waals surface area (Å²) in [6.45, 7) is -0.124. The van der Waals surface area contributed by atoms with Crippen LogP contribution in [0.3, 0.4) is 0 Å². The Kier molecular flexibility index (Phi) is 5.17. The third-order valence-corrected chi connectivity index (χ3v) is 2.82.